The Balaban J connectivity index is 1.64. The van der Waals surface area contributed by atoms with Crippen LogP contribution in [0, 0.1) is 0 Å². The van der Waals surface area contributed by atoms with Crippen LogP contribution in [-0.2, 0) is 6.61 Å². The van der Waals surface area contributed by atoms with Gasteiger partial charge in [-0.1, -0.05) is 41.4 Å². The molecule has 0 aliphatic heterocycles. The van der Waals surface area contributed by atoms with Gasteiger partial charge in [0, 0.05) is 15.6 Å². The molecule has 0 atom stereocenters. The first-order valence-electron chi connectivity index (χ1n) is 8.37. The molecule has 1 amide bonds. The van der Waals surface area contributed by atoms with Gasteiger partial charge in [-0.05, 0) is 85.5 Å². The number of rotatable bonds is 6. The molecule has 1 N–H and O–H groups in total. The van der Waals surface area contributed by atoms with Gasteiger partial charge in [0.2, 0.25) is 0 Å². The fraction of sp³-hybridized carbons (Fsp3) is 0.0476. The predicted octanol–water partition coefficient (Wildman–Crippen LogP) is 6.86. The lowest BCUT2D eigenvalue weighted by molar-refractivity contribution is 0.0955. The predicted molar refractivity (Wildman–Crippen MR) is 124 cm³/mol. The Labute approximate surface area is 195 Å². The van der Waals surface area contributed by atoms with Gasteiger partial charge in [-0.2, -0.15) is 5.10 Å². The highest BCUT2D eigenvalue weighted by Crippen LogP contribution is 2.35. The number of carbonyl (C=O) groups excluding carboxylic acids is 1. The third-order valence-electron chi connectivity index (χ3n) is 3.78. The number of hydrogen-bond acceptors (Lipinski definition) is 3. The van der Waals surface area contributed by atoms with Crippen LogP contribution < -0.4 is 10.2 Å². The van der Waals surface area contributed by atoms with E-state index in [1.807, 2.05) is 36.4 Å². The summed E-state index contributed by atoms with van der Waals surface area (Å²) < 4.78 is 7.40. The van der Waals surface area contributed by atoms with E-state index in [1.165, 1.54) is 0 Å². The monoisotopic (exact) mass is 554 g/mol. The number of ether oxygens (including phenoxy) is 1. The van der Waals surface area contributed by atoms with E-state index in [1.54, 1.807) is 30.5 Å². The van der Waals surface area contributed by atoms with E-state index < -0.39 is 0 Å². The summed E-state index contributed by atoms with van der Waals surface area (Å²) in [6.45, 7) is 0.400. The summed E-state index contributed by atoms with van der Waals surface area (Å²) in [4.78, 5) is 12.1. The summed E-state index contributed by atoms with van der Waals surface area (Å²) >= 11 is 18.8. The first-order valence-corrected chi connectivity index (χ1v) is 10.7. The number of nitrogens with one attached hydrogen (secondary N) is 1. The number of halogens is 4. The van der Waals surface area contributed by atoms with E-state index in [9.17, 15) is 4.79 Å². The molecule has 3 aromatic carbocycles. The molecule has 3 aromatic rings. The van der Waals surface area contributed by atoms with Gasteiger partial charge in [-0.25, -0.2) is 5.43 Å². The van der Waals surface area contributed by atoms with Crippen molar-refractivity contribution in [3.8, 4) is 5.75 Å². The quantitative estimate of drug-likeness (QED) is 0.266. The minimum atomic E-state index is -0.343. The normalized spacial score (nSPS) is 10.9. The van der Waals surface area contributed by atoms with E-state index in [2.05, 4.69) is 42.4 Å². The number of benzene rings is 3. The van der Waals surface area contributed by atoms with Crippen molar-refractivity contribution in [1.29, 1.82) is 0 Å². The van der Waals surface area contributed by atoms with Crippen LogP contribution in [0.15, 0.2) is 74.7 Å². The van der Waals surface area contributed by atoms with Gasteiger partial charge in [0.25, 0.3) is 5.91 Å². The standard InChI is InChI=1S/C21H14Br2Cl2N2O2/c22-18-8-14(11-26-27-21(28)15-2-1-3-17(25)10-15)9-19(23)20(18)29-12-13-4-6-16(24)7-5-13/h1-11H,12H2,(H,27,28)/b26-11-. The minimum Gasteiger partial charge on any atom is -0.487 e. The van der Waals surface area contributed by atoms with Crippen molar-refractivity contribution in [2.45, 2.75) is 6.61 Å². The molecule has 148 valence electrons. The van der Waals surface area contributed by atoms with Crippen LogP contribution in [0.25, 0.3) is 0 Å². The Bertz CT molecular complexity index is 1030. The molecule has 0 unspecified atom stereocenters. The molecule has 0 fully saturated rings. The second kappa shape index (κ2) is 10.3. The Morgan fingerprint density at radius 3 is 2.34 bits per heavy atom. The largest absolute Gasteiger partial charge is 0.487 e. The molecule has 0 radical (unpaired) electrons. The number of hydrazone groups is 1. The lowest BCUT2D eigenvalue weighted by Gasteiger charge is -2.11. The topological polar surface area (TPSA) is 50.7 Å². The highest BCUT2D eigenvalue weighted by atomic mass is 79.9. The van der Waals surface area contributed by atoms with Crippen molar-refractivity contribution < 1.29 is 9.53 Å². The molecule has 0 bridgehead atoms. The smallest absolute Gasteiger partial charge is 0.271 e. The van der Waals surface area contributed by atoms with Crippen molar-refractivity contribution in [2.24, 2.45) is 5.10 Å². The molecule has 0 saturated carbocycles. The third-order valence-corrected chi connectivity index (χ3v) is 5.45. The van der Waals surface area contributed by atoms with Crippen molar-refractivity contribution in [3.63, 3.8) is 0 Å². The van der Waals surface area contributed by atoms with Gasteiger partial charge in [0.05, 0.1) is 15.2 Å². The number of hydrogen-bond donors (Lipinski definition) is 1. The SMILES string of the molecule is O=C(N/N=C\c1cc(Br)c(OCc2ccc(Cl)cc2)c(Br)c1)c1cccc(Cl)c1. The van der Waals surface area contributed by atoms with Crippen LogP contribution in [0.5, 0.6) is 5.75 Å². The first kappa shape index (κ1) is 21.8. The van der Waals surface area contributed by atoms with Crippen molar-refractivity contribution in [2.75, 3.05) is 0 Å². The maximum atomic E-state index is 12.1. The highest BCUT2D eigenvalue weighted by Gasteiger charge is 2.09. The first-order chi connectivity index (χ1) is 13.9. The maximum absolute atomic E-state index is 12.1. The zero-order valence-electron chi connectivity index (χ0n) is 14.8. The molecule has 0 aliphatic carbocycles. The molecular formula is C21H14Br2Cl2N2O2. The number of nitrogens with zero attached hydrogens (tertiary/aromatic N) is 1. The van der Waals surface area contributed by atoms with Gasteiger partial charge < -0.3 is 4.74 Å². The van der Waals surface area contributed by atoms with E-state index in [0.29, 0.717) is 28.0 Å². The summed E-state index contributed by atoms with van der Waals surface area (Å²) in [6, 6.07) is 17.8. The van der Waals surface area contributed by atoms with E-state index in [0.717, 1.165) is 20.1 Å². The van der Waals surface area contributed by atoms with Gasteiger partial charge in [0.1, 0.15) is 12.4 Å². The summed E-state index contributed by atoms with van der Waals surface area (Å²) in [5.74, 6) is 0.324. The Morgan fingerprint density at radius 2 is 1.69 bits per heavy atom. The molecule has 29 heavy (non-hydrogen) atoms. The second-order valence-electron chi connectivity index (χ2n) is 5.94. The van der Waals surface area contributed by atoms with Gasteiger partial charge >= 0.3 is 0 Å². The van der Waals surface area contributed by atoms with E-state index in [4.69, 9.17) is 27.9 Å². The second-order valence-corrected chi connectivity index (χ2v) is 8.52. The minimum absolute atomic E-state index is 0.343. The van der Waals surface area contributed by atoms with Crippen LogP contribution in [0.3, 0.4) is 0 Å². The van der Waals surface area contributed by atoms with Crippen molar-refractivity contribution in [1.82, 2.24) is 5.43 Å². The van der Waals surface area contributed by atoms with Crippen LogP contribution in [0.4, 0.5) is 0 Å². The van der Waals surface area contributed by atoms with Crippen LogP contribution in [-0.4, -0.2) is 12.1 Å². The lowest BCUT2D eigenvalue weighted by Crippen LogP contribution is -2.17. The molecule has 0 spiro atoms. The molecule has 3 rings (SSSR count). The van der Waals surface area contributed by atoms with Gasteiger partial charge in [0.15, 0.2) is 0 Å². The molecular weight excluding hydrogens is 543 g/mol. The maximum Gasteiger partial charge on any atom is 0.271 e. The molecule has 8 heteroatoms. The van der Waals surface area contributed by atoms with Crippen molar-refractivity contribution in [3.05, 3.63) is 96.3 Å². The average Bonchev–Trinajstić information content (AvgIpc) is 2.68. The van der Waals surface area contributed by atoms with Crippen LogP contribution in [0.1, 0.15) is 21.5 Å². The summed E-state index contributed by atoms with van der Waals surface area (Å²) in [5.41, 5.74) is 4.69. The summed E-state index contributed by atoms with van der Waals surface area (Å²) in [5, 5.41) is 5.17. The van der Waals surface area contributed by atoms with Gasteiger partial charge in [-0.3, -0.25) is 4.79 Å². The molecule has 4 nitrogen and oxygen atoms in total. The Morgan fingerprint density at radius 1 is 1.00 bits per heavy atom. The zero-order valence-corrected chi connectivity index (χ0v) is 19.5. The van der Waals surface area contributed by atoms with Crippen LogP contribution in [0.2, 0.25) is 10.0 Å². The molecule has 0 saturated heterocycles. The van der Waals surface area contributed by atoms with Gasteiger partial charge in [-0.15, -0.1) is 0 Å². The highest BCUT2D eigenvalue weighted by molar-refractivity contribution is 9.11. The zero-order chi connectivity index (χ0) is 20.8. The van der Waals surface area contributed by atoms with E-state index in [-0.39, 0.29) is 5.91 Å². The Kier molecular flexibility index (Phi) is 7.72. The number of amides is 1. The molecule has 0 aliphatic rings. The molecule has 0 heterocycles. The average molecular weight is 557 g/mol. The Hall–Kier alpha value is -1.86. The molecule has 0 aromatic heterocycles. The fourth-order valence-electron chi connectivity index (χ4n) is 2.39. The summed E-state index contributed by atoms with van der Waals surface area (Å²) in [7, 11) is 0. The van der Waals surface area contributed by atoms with Crippen molar-refractivity contribution >= 4 is 67.2 Å². The summed E-state index contributed by atoms with van der Waals surface area (Å²) in [6.07, 6.45) is 1.54. The van der Waals surface area contributed by atoms with Crippen LogP contribution >= 0.6 is 55.1 Å². The lowest BCUT2D eigenvalue weighted by atomic mass is 10.2. The number of carbonyl (C=O) groups is 1. The fourth-order valence-corrected chi connectivity index (χ4v) is 4.15. The third kappa shape index (κ3) is 6.31. The van der Waals surface area contributed by atoms with E-state index >= 15 is 0 Å².